The summed E-state index contributed by atoms with van der Waals surface area (Å²) < 4.78 is 0. The third-order valence-electron chi connectivity index (χ3n) is 4.48. The topological polar surface area (TPSA) is 62.0 Å². The Balaban J connectivity index is 1.79. The molecule has 25 heavy (non-hydrogen) atoms. The molecule has 0 aliphatic heterocycles. The van der Waals surface area contributed by atoms with Gasteiger partial charge in [0.05, 0.1) is 0 Å². The third kappa shape index (κ3) is 3.63. The Morgan fingerprint density at radius 1 is 1.00 bits per heavy atom. The van der Waals surface area contributed by atoms with Gasteiger partial charge in [-0.25, -0.2) is 0 Å². The number of H-pyrrole nitrogens is 1. The molecule has 1 aromatic heterocycles. The normalized spacial score (nSPS) is 10.8. The molecule has 0 radical (unpaired) electrons. The largest absolute Gasteiger partial charge is 0.348 e. The van der Waals surface area contributed by atoms with Crippen molar-refractivity contribution >= 4 is 16.8 Å². The number of para-hydroxylation sites is 1. The Hall–Kier alpha value is -2.88. The monoisotopic (exact) mass is 334 g/mol. The zero-order valence-electron chi connectivity index (χ0n) is 14.6. The highest BCUT2D eigenvalue weighted by molar-refractivity contribution is 5.97. The molecule has 0 bridgehead atoms. The number of pyridine rings is 1. The maximum atomic E-state index is 12.4. The molecular formula is C21H22N2O2. The number of carbonyl (C=O) groups is 1. The van der Waals surface area contributed by atoms with Crippen LogP contribution in [0, 0.1) is 0 Å². The Morgan fingerprint density at radius 3 is 2.52 bits per heavy atom. The van der Waals surface area contributed by atoms with Gasteiger partial charge >= 0.3 is 0 Å². The van der Waals surface area contributed by atoms with Gasteiger partial charge in [-0.1, -0.05) is 50.2 Å². The van der Waals surface area contributed by atoms with Crippen molar-refractivity contribution < 1.29 is 4.79 Å². The highest BCUT2D eigenvalue weighted by Gasteiger charge is 2.12. The first-order chi connectivity index (χ1) is 12.1. The van der Waals surface area contributed by atoms with Crippen molar-refractivity contribution in [2.24, 2.45) is 0 Å². The Kier molecular flexibility index (Phi) is 4.98. The van der Waals surface area contributed by atoms with Crippen LogP contribution in [0.5, 0.6) is 0 Å². The van der Waals surface area contributed by atoms with Crippen LogP contribution in [0.2, 0.25) is 0 Å². The lowest BCUT2D eigenvalue weighted by atomic mass is 10.00. The van der Waals surface area contributed by atoms with Crippen LogP contribution in [0.4, 0.5) is 0 Å². The van der Waals surface area contributed by atoms with E-state index in [1.165, 1.54) is 11.1 Å². The molecule has 0 saturated heterocycles. The number of aromatic nitrogens is 1. The average Bonchev–Trinajstić information content (AvgIpc) is 2.65. The van der Waals surface area contributed by atoms with E-state index in [0.29, 0.717) is 6.54 Å². The summed E-state index contributed by atoms with van der Waals surface area (Å²) in [4.78, 5) is 27.3. The molecule has 0 unspecified atom stereocenters. The van der Waals surface area contributed by atoms with Gasteiger partial charge in [-0.3, -0.25) is 9.59 Å². The highest BCUT2D eigenvalue weighted by atomic mass is 16.2. The quantitative estimate of drug-likeness (QED) is 0.749. The maximum absolute atomic E-state index is 12.4. The summed E-state index contributed by atoms with van der Waals surface area (Å²) in [5.74, 6) is -0.357. The van der Waals surface area contributed by atoms with E-state index >= 15 is 0 Å². The van der Waals surface area contributed by atoms with Gasteiger partial charge in [0, 0.05) is 12.1 Å². The fraction of sp³-hybridized carbons (Fsp3) is 0.238. The molecule has 0 fully saturated rings. The lowest BCUT2D eigenvalue weighted by Gasteiger charge is -2.10. The van der Waals surface area contributed by atoms with Crippen LogP contribution in [0.15, 0.2) is 53.3 Å². The van der Waals surface area contributed by atoms with Crippen molar-refractivity contribution in [1.29, 1.82) is 0 Å². The molecule has 1 heterocycles. The first kappa shape index (κ1) is 17.0. The molecule has 2 N–H and O–H groups in total. The van der Waals surface area contributed by atoms with Crippen LogP contribution in [-0.2, 0) is 19.4 Å². The number of aryl methyl sites for hydroxylation is 2. The number of aromatic amines is 1. The molecule has 0 aliphatic rings. The number of nitrogens with one attached hydrogen (secondary N) is 2. The summed E-state index contributed by atoms with van der Waals surface area (Å²) >= 11 is 0. The number of amides is 1. The summed E-state index contributed by atoms with van der Waals surface area (Å²) in [5.41, 5.74) is 4.18. The Bertz CT molecular complexity index is 973. The van der Waals surface area contributed by atoms with E-state index < -0.39 is 0 Å². The second-order valence-electron chi connectivity index (χ2n) is 6.09. The first-order valence-corrected chi connectivity index (χ1v) is 8.63. The molecule has 4 nitrogen and oxygen atoms in total. The summed E-state index contributed by atoms with van der Waals surface area (Å²) in [5, 5.41) is 3.69. The van der Waals surface area contributed by atoms with Crippen LogP contribution in [-0.4, -0.2) is 10.9 Å². The molecule has 0 saturated carbocycles. The van der Waals surface area contributed by atoms with E-state index in [9.17, 15) is 9.59 Å². The third-order valence-corrected chi connectivity index (χ3v) is 4.48. The van der Waals surface area contributed by atoms with Crippen LogP contribution >= 0.6 is 0 Å². The molecule has 3 aromatic rings. The van der Waals surface area contributed by atoms with Crippen molar-refractivity contribution in [1.82, 2.24) is 10.3 Å². The Morgan fingerprint density at radius 2 is 1.76 bits per heavy atom. The molecule has 1 amide bonds. The second kappa shape index (κ2) is 7.34. The van der Waals surface area contributed by atoms with Crippen molar-refractivity contribution in [3.05, 3.63) is 81.1 Å². The van der Waals surface area contributed by atoms with Gasteiger partial charge in [0.2, 0.25) is 0 Å². The lowest BCUT2D eigenvalue weighted by molar-refractivity contribution is 0.0949. The standard InChI is InChI=1S/C21H22N2O2/c1-3-15-10-9-14(11-16(15)4-2)13-22-20(24)18-12-17-7-5-6-8-19(17)23-21(18)25/h5-12H,3-4,13H2,1-2H3,(H,22,24)(H,23,25). The minimum Gasteiger partial charge on any atom is -0.348 e. The van der Waals surface area contributed by atoms with Crippen LogP contribution in [0.3, 0.4) is 0 Å². The number of rotatable bonds is 5. The van der Waals surface area contributed by atoms with Crippen molar-refractivity contribution in [3.63, 3.8) is 0 Å². The van der Waals surface area contributed by atoms with Crippen LogP contribution in [0.1, 0.15) is 40.9 Å². The zero-order valence-corrected chi connectivity index (χ0v) is 14.6. The van der Waals surface area contributed by atoms with Crippen molar-refractivity contribution in [2.45, 2.75) is 33.2 Å². The van der Waals surface area contributed by atoms with E-state index in [-0.39, 0.29) is 17.0 Å². The highest BCUT2D eigenvalue weighted by Crippen LogP contribution is 2.14. The van der Waals surface area contributed by atoms with E-state index in [4.69, 9.17) is 0 Å². The van der Waals surface area contributed by atoms with Crippen molar-refractivity contribution in [3.8, 4) is 0 Å². The van der Waals surface area contributed by atoms with Crippen LogP contribution < -0.4 is 10.9 Å². The maximum Gasteiger partial charge on any atom is 0.261 e. The lowest BCUT2D eigenvalue weighted by Crippen LogP contribution is -2.29. The molecule has 0 atom stereocenters. The summed E-state index contributed by atoms with van der Waals surface area (Å²) in [7, 11) is 0. The summed E-state index contributed by atoms with van der Waals surface area (Å²) in [6.45, 7) is 4.68. The molecule has 3 rings (SSSR count). The molecular weight excluding hydrogens is 312 g/mol. The summed E-state index contributed by atoms with van der Waals surface area (Å²) in [6.07, 6.45) is 1.97. The molecule has 0 aliphatic carbocycles. The predicted octanol–water partition coefficient (Wildman–Crippen LogP) is 3.58. The second-order valence-corrected chi connectivity index (χ2v) is 6.09. The van der Waals surface area contributed by atoms with E-state index in [2.05, 4.69) is 36.3 Å². The minimum absolute atomic E-state index is 0.139. The molecule has 128 valence electrons. The first-order valence-electron chi connectivity index (χ1n) is 8.63. The smallest absolute Gasteiger partial charge is 0.261 e. The molecule has 0 spiro atoms. The fourth-order valence-corrected chi connectivity index (χ4v) is 3.06. The van der Waals surface area contributed by atoms with Gasteiger partial charge in [-0.05, 0) is 47.1 Å². The van der Waals surface area contributed by atoms with Gasteiger partial charge in [0.15, 0.2) is 0 Å². The zero-order chi connectivity index (χ0) is 17.8. The number of carbonyl (C=O) groups excluding carboxylic acids is 1. The van der Waals surface area contributed by atoms with Gasteiger partial charge in [0.25, 0.3) is 11.5 Å². The number of hydrogen-bond donors (Lipinski definition) is 2. The predicted molar refractivity (Wildman–Crippen MR) is 101 cm³/mol. The van der Waals surface area contributed by atoms with Gasteiger partial charge in [-0.2, -0.15) is 0 Å². The number of hydrogen-bond acceptors (Lipinski definition) is 2. The summed E-state index contributed by atoms with van der Waals surface area (Å²) in [6, 6.07) is 15.3. The number of fused-ring (bicyclic) bond motifs is 1. The van der Waals surface area contributed by atoms with Gasteiger partial charge < -0.3 is 10.3 Å². The van der Waals surface area contributed by atoms with Gasteiger partial charge in [-0.15, -0.1) is 0 Å². The van der Waals surface area contributed by atoms with E-state index in [1.807, 2.05) is 30.3 Å². The van der Waals surface area contributed by atoms with Gasteiger partial charge in [0.1, 0.15) is 5.56 Å². The van der Waals surface area contributed by atoms with E-state index in [0.717, 1.165) is 29.3 Å². The van der Waals surface area contributed by atoms with Crippen molar-refractivity contribution in [2.75, 3.05) is 0 Å². The fourth-order valence-electron chi connectivity index (χ4n) is 3.06. The molecule has 2 aromatic carbocycles. The average molecular weight is 334 g/mol. The Labute approximate surface area is 146 Å². The molecule has 4 heteroatoms. The van der Waals surface area contributed by atoms with Crippen LogP contribution in [0.25, 0.3) is 10.9 Å². The minimum atomic E-state index is -0.369. The number of benzene rings is 2. The SMILES string of the molecule is CCc1ccc(CNC(=O)c2cc3ccccc3[nH]c2=O)cc1CC. The van der Waals surface area contributed by atoms with E-state index in [1.54, 1.807) is 6.07 Å².